The Labute approximate surface area is 100 Å². The second kappa shape index (κ2) is 5.16. The van der Waals surface area contributed by atoms with Crippen molar-refractivity contribution in [1.82, 2.24) is 0 Å². The Morgan fingerprint density at radius 1 is 1.18 bits per heavy atom. The monoisotopic (exact) mass is 226 g/mol. The van der Waals surface area contributed by atoms with Gasteiger partial charge in [0.1, 0.15) is 11.5 Å². The van der Waals surface area contributed by atoms with Gasteiger partial charge in [0, 0.05) is 18.7 Å². The maximum absolute atomic E-state index is 10.9. The van der Waals surface area contributed by atoms with Gasteiger partial charge in [0.15, 0.2) is 0 Å². The molecule has 1 amide bonds. The summed E-state index contributed by atoms with van der Waals surface area (Å²) in [6.07, 6.45) is 0. The quantitative estimate of drug-likeness (QED) is 0.872. The second-order valence-corrected chi connectivity index (χ2v) is 3.55. The standard InChI is InChI=1S/C14H12NO2/c1-11(16)15-12-6-5-9-14(10-12)17-13-7-3-2-4-8-13/h3-10H,1H3,(H,15,16). The summed E-state index contributed by atoms with van der Waals surface area (Å²) in [7, 11) is 0. The molecule has 3 nitrogen and oxygen atoms in total. The molecule has 0 heterocycles. The van der Waals surface area contributed by atoms with Crippen LogP contribution in [0.4, 0.5) is 5.69 Å². The lowest BCUT2D eigenvalue weighted by Gasteiger charge is -2.07. The van der Waals surface area contributed by atoms with Gasteiger partial charge in [-0.2, -0.15) is 0 Å². The Kier molecular flexibility index (Phi) is 3.40. The van der Waals surface area contributed by atoms with Gasteiger partial charge in [0.05, 0.1) is 0 Å². The maximum atomic E-state index is 10.9. The molecule has 0 atom stereocenters. The van der Waals surface area contributed by atoms with Gasteiger partial charge in [-0.3, -0.25) is 4.79 Å². The van der Waals surface area contributed by atoms with Crippen LogP contribution in [0, 0.1) is 6.07 Å². The molecule has 2 rings (SSSR count). The van der Waals surface area contributed by atoms with Crippen molar-refractivity contribution in [3.8, 4) is 11.5 Å². The number of hydrogen-bond donors (Lipinski definition) is 1. The van der Waals surface area contributed by atoms with Crippen LogP contribution in [0.3, 0.4) is 0 Å². The SMILES string of the molecule is CC(=O)Nc1cccc(Oc2cc[c]cc2)c1. The van der Waals surface area contributed by atoms with Gasteiger partial charge in [0.25, 0.3) is 0 Å². The third kappa shape index (κ3) is 3.34. The molecule has 0 aliphatic carbocycles. The topological polar surface area (TPSA) is 38.3 Å². The predicted molar refractivity (Wildman–Crippen MR) is 66.1 cm³/mol. The molecule has 0 unspecified atom stereocenters. The molecular formula is C14H12NO2. The lowest BCUT2D eigenvalue weighted by Crippen LogP contribution is -2.05. The van der Waals surface area contributed by atoms with E-state index in [-0.39, 0.29) is 5.91 Å². The first-order valence-electron chi connectivity index (χ1n) is 5.26. The fraction of sp³-hybridized carbons (Fsp3) is 0.0714. The predicted octanol–water partition coefficient (Wildman–Crippen LogP) is 3.24. The number of benzene rings is 2. The van der Waals surface area contributed by atoms with Crippen LogP contribution in [0.25, 0.3) is 0 Å². The number of hydrogen-bond acceptors (Lipinski definition) is 2. The summed E-state index contributed by atoms with van der Waals surface area (Å²) in [5.74, 6) is 1.32. The lowest BCUT2D eigenvalue weighted by molar-refractivity contribution is -0.114. The van der Waals surface area contributed by atoms with E-state index in [0.717, 1.165) is 11.4 Å². The maximum Gasteiger partial charge on any atom is 0.221 e. The Hall–Kier alpha value is -2.29. The van der Waals surface area contributed by atoms with Crippen molar-refractivity contribution in [1.29, 1.82) is 0 Å². The van der Waals surface area contributed by atoms with Crippen LogP contribution in [0.15, 0.2) is 48.5 Å². The molecule has 2 aromatic rings. The summed E-state index contributed by atoms with van der Waals surface area (Å²) in [6, 6.07) is 17.4. The Morgan fingerprint density at radius 3 is 2.65 bits per heavy atom. The van der Waals surface area contributed by atoms with Crippen molar-refractivity contribution in [2.75, 3.05) is 5.32 Å². The molecule has 0 saturated heterocycles. The highest BCUT2D eigenvalue weighted by Crippen LogP contribution is 2.23. The highest BCUT2D eigenvalue weighted by atomic mass is 16.5. The zero-order valence-electron chi connectivity index (χ0n) is 9.44. The summed E-state index contributed by atoms with van der Waals surface area (Å²) in [4.78, 5) is 10.9. The molecule has 0 fully saturated rings. The van der Waals surface area contributed by atoms with E-state index in [1.165, 1.54) is 6.92 Å². The summed E-state index contributed by atoms with van der Waals surface area (Å²) >= 11 is 0. The minimum Gasteiger partial charge on any atom is -0.457 e. The molecular weight excluding hydrogens is 214 g/mol. The number of amides is 1. The minimum atomic E-state index is -0.100. The first-order valence-corrected chi connectivity index (χ1v) is 5.26. The molecule has 17 heavy (non-hydrogen) atoms. The van der Waals surface area contributed by atoms with Gasteiger partial charge < -0.3 is 10.1 Å². The molecule has 1 radical (unpaired) electrons. The van der Waals surface area contributed by atoms with Crippen molar-refractivity contribution < 1.29 is 9.53 Å². The van der Waals surface area contributed by atoms with Crippen LogP contribution in [0.2, 0.25) is 0 Å². The molecule has 0 aliphatic heterocycles. The van der Waals surface area contributed by atoms with E-state index < -0.39 is 0 Å². The van der Waals surface area contributed by atoms with Crippen LogP contribution in [-0.4, -0.2) is 5.91 Å². The van der Waals surface area contributed by atoms with Crippen LogP contribution >= 0.6 is 0 Å². The van der Waals surface area contributed by atoms with Crippen molar-refractivity contribution >= 4 is 11.6 Å². The average Bonchev–Trinajstić information content (AvgIpc) is 2.30. The van der Waals surface area contributed by atoms with Gasteiger partial charge in [-0.15, -0.1) is 0 Å². The Morgan fingerprint density at radius 2 is 1.94 bits per heavy atom. The van der Waals surface area contributed by atoms with E-state index in [0.29, 0.717) is 5.75 Å². The zero-order chi connectivity index (χ0) is 12.1. The van der Waals surface area contributed by atoms with E-state index in [9.17, 15) is 4.79 Å². The Bertz CT molecular complexity index is 509. The molecule has 0 aliphatic rings. The zero-order valence-corrected chi connectivity index (χ0v) is 9.44. The molecule has 0 spiro atoms. The van der Waals surface area contributed by atoms with Gasteiger partial charge >= 0.3 is 0 Å². The molecule has 0 aromatic heterocycles. The van der Waals surface area contributed by atoms with Crippen LogP contribution in [-0.2, 0) is 4.79 Å². The average molecular weight is 226 g/mol. The lowest BCUT2D eigenvalue weighted by atomic mass is 10.3. The highest BCUT2D eigenvalue weighted by molar-refractivity contribution is 5.88. The van der Waals surface area contributed by atoms with E-state index in [2.05, 4.69) is 11.4 Å². The number of nitrogens with one attached hydrogen (secondary N) is 1. The summed E-state index contributed by atoms with van der Waals surface area (Å²) < 4.78 is 5.63. The van der Waals surface area contributed by atoms with Gasteiger partial charge in [-0.1, -0.05) is 18.2 Å². The molecule has 3 heteroatoms. The van der Waals surface area contributed by atoms with Crippen molar-refractivity contribution in [2.24, 2.45) is 0 Å². The third-order valence-electron chi connectivity index (χ3n) is 2.08. The van der Waals surface area contributed by atoms with Crippen molar-refractivity contribution in [3.63, 3.8) is 0 Å². The summed E-state index contributed by atoms with van der Waals surface area (Å²) in [5.41, 5.74) is 0.720. The number of rotatable bonds is 3. The third-order valence-corrected chi connectivity index (χ3v) is 2.08. The number of anilines is 1. The van der Waals surface area contributed by atoms with Crippen LogP contribution < -0.4 is 10.1 Å². The van der Waals surface area contributed by atoms with Gasteiger partial charge in [-0.25, -0.2) is 0 Å². The fourth-order valence-electron chi connectivity index (χ4n) is 1.42. The van der Waals surface area contributed by atoms with Crippen molar-refractivity contribution in [2.45, 2.75) is 6.92 Å². The number of carbonyl (C=O) groups excluding carboxylic acids is 1. The molecule has 0 bridgehead atoms. The van der Waals surface area contributed by atoms with Crippen LogP contribution in [0.1, 0.15) is 6.92 Å². The second-order valence-electron chi connectivity index (χ2n) is 3.55. The first-order chi connectivity index (χ1) is 8.24. The smallest absolute Gasteiger partial charge is 0.221 e. The normalized spacial score (nSPS) is 9.71. The first kappa shape index (κ1) is 11.2. The molecule has 85 valence electrons. The molecule has 0 saturated carbocycles. The molecule has 2 aromatic carbocycles. The molecule has 1 N–H and O–H groups in total. The summed E-state index contributed by atoms with van der Waals surface area (Å²) in [5, 5.41) is 2.71. The van der Waals surface area contributed by atoms with Gasteiger partial charge in [-0.05, 0) is 30.3 Å². The van der Waals surface area contributed by atoms with E-state index in [4.69, 9.17) is 4.74 Å². The van der Waals surface area contributed by atoms with Crippen LogP contribution in [0.5, 0.6) is 11.5 Å². The van der Waals surface area contributed by atoms with E-state index in [1.807, 2.05) is 30.3 Å². The fourth-order valence-corrected chi connectivity index (χ4v) is 1.42. The summed E-state index contributed by atoms with van der Waals surface area (Å²) in [6.45, 7) is 1.47. The number of ether oxygens (including phenoxy) is 1. The Balaban J connectivity index is 2.14. The van der Waals surface area contributed by atoms with E-state index in [1.54, 1.807) is 18.2 Å². The van der Waals surface area contributed by atoms with Gasteiger partial charge in [0.2, 0.25) is 5.91 Å². The number of carbonyl (C=O) groups is 1. The highest BCUT2D eigenvalue weighted by Gasteiger charge is 1.99. The van der Waals surface area contributed by atoms with E-state index >= 15 is 0 Å². The largest absolute Gasteiger partial charge is 0.457 e. The van der Waals surface area contributed by atoms with Crippen molar-refractivity contribution in [3.05, 3.63) is 54.6 Å². The minimum absolute atomic E-state index is 0.100.